The van der Waals surface area contributed by atoms with E-state index in [9.17, 15) is 0 Å². The van der Waals surface area contributed by atoms with Crippen LogP contribution in [-0.2, 0) is 0 Å². The molecule has 0 saturated carbocycles. The molecule has 2 rings (SSSR count). The first-order chi connectivity index (χ1) is 6.33. The minimum Gasteiger partial charge on any atom is -0.331 e. The lowest BCUT2D eigenvalue weighted by Crippen LogP contribution is -2.35. The molecule has 0 spiro atoms. The lowest BCUT2D eigenvalue weighted by Gasteiger charge is -2.19. The summed E-state index contributed by atoms with van der Waals surface area (Å²) in [7, 11) is 0. The number of nitrogens with one attached hydrogen (secondary N) is 1. The van der Waals surface area contributed by atoms with Gasteiger partial charge in [0.15, 0.2) is 0 Å². The van der Waals surface area contributed by atoms with E-state index in [1.807, 2.05) is 0 Å². The molecule has 0 bridgehead atoms. The van der Waals surface area contributed by atoms with Crippen molar-refractivity contribution in [3.05, 3.63) is 23.5 Å². The van der Waals surface area contributed by atoms with Gasteiger partial charge in [0, 0.05) is 17.8 Å². The van der Waals surface area contributed by atoms with Gasteiger partial charge in [0.1, 0.15) is 17.3 Å². The number of anilines is 1. The molecule has 13 heavy (non-hydrogen) atoms. The Balaban J connectivity index is 2.33. The Bertz CT molecular complexity index is 363. The van der Waals surface area contributed by atoms with Crippen LogP contribution < -0.4 is 10.6 Å². The Morgan fingerprint density at radius 2 is 2.62 bits per heavy atom. The maximum atomic E-state index is 8.78. The van der Waals surface area contributed by atoms with Crippen LogP contribution in [0.15, 0.2) is 23.5 Å². The highest BCUT2D eigenvalue weighted by Gasteiger charge is 2.26. The molecule has 1 aliphatic rings. The second kappa shape index (κ2) is 3.12. The first-order valence-electron chi connectivity index (χ1n) is 3.63. The van der Waals surface area contributed by atoms with Crippen LogP contribution in [0.2, 0.25) is 0 Å². The Kier molecular flexibility index (Phi) is 1.96. The van der Waals surface area contributed by atoms with Crippen molar-refractivity contribution in [2.24, 2.45) is 5.73 Å². The largest absolute Gasteiger partial charge is 0.331 e. The van der Waals surface area contributed by atoms with E-state index >= 15 is 0 Å². The quantitative estimate of drug-likeness (QED) is 0.681. The molecule has 0 radical (unpaired) electrons. The van der Waals surface area contributed by atoms with Crippen LogP contribution in [0.1, 0.15) is 0 Å². The first kappa shape index (κ1) is 8.16. The SMILES string of the molecule is N#CC1=CSC(N)N1c1ncc[nH]1. The molecule has 0 aromatic carbocycles. The van der Waals surface area contributed by atoms with Crippen molar-refractivity contribution in [3.8, 4) is 6.07 Å². The van der Waals surface area contributed by atoms with Crippen LogP contribution in [0.4, 0.5) is 5.95 Å². The molecule has 0 saturated heterocycles. The molecule has 1 aliphatic heterocycles. The third kappa shape index (κ3) is 1.28. The van der Waals surface area contributed by atoms with E-state index in [2.05, 4.69) is 16.0 Å². The Morgan fingerprint density at radius 1 is 1.77 bits per heavy atom. The summed E-state index contributed by atoms with van der Waals surface area (Å²) >= 11 is 1.40. The molecule has 1 aromatic rings. The van der Waals surface area contributed by atoms with Crippen LogP contribution in [-0.4, -0.2) is 15.5 Å². The number of rotatable bonds is 1. The molecule has 0 amide bonds. The molecular formula is C7H7N5S. The first-order valence-corrected chi connectivity index (χ1v) is 4.57. The van der Waals surface area contributed by atoms with Crippen molar-refractivity contribution in [2.75, 3.05) is 4.90 Å². The zero-order valence-corrected chi connectivity index (χ0v) is 7.45. The van der Waals surface area contributed by atoms with Crippen molar-refractivity contribution < 1.29 is 0 Å². The highest BCUT2D eigenvalue weighted by molar-refractivity contribution is 8.03. The summed E-state index contributed by atoms with van der Waals surface area (Å²) in [6.07, 6.45) is 3.32. The number of imidazole rings is 1. The van der Waals surface area contributed by atoms with E-state index in [-0.39, 0.29) is 5.50 Å². The maximum Gasteiger partial charge on any atom is 0.209 e. The molecule has 5 nitrogen and oxygen atoms in total. The van der Waals surface area contributed by atoms with Gasteiger partial charge in [0.05, 0.1) is 0 Å². The second-order valence-electron chi connectivity index (χ2n) is 2.42. The summed E-state index contributed by atoms with van der Waals surface area (Å²) in [4.78, 5) is 8.59. The van der Waals surface area contributed by atoms with Crippen LogP contribution in [0.25, 0.3) is 0 Å². The molecule has 1 unspecified atom stereocenters. The number of hydrogen-bond donors (Lipinski definition) is 2. The van der Waals surface area contributed by atoms with E-state index in [0.717, 1.165) is 0 Å². The number of nitrogens with zero attached hydrogens (tertiary/aromatic N) is 3. The summed E-state index contributed by atoms with van der Waals surface area (Å²) in [6, 6.07) is 2.06. The van der Waals surface area contributed by atoms with E-state index in [0.29, 0.717) is 11.6 Å². The summed E-state index contributed by atoms with van der Waals surface area (Å²) in [5, 5.41) is 10.5. The number of aromatic amines is 1. The van der Waals surface area contributed by atoms with Gasteiger partial charge < -0.3 is 10.7 Å². The number of thioether (sulfide) groups is 1. The summed E-state index contributed by atoms with van der Waals surface area (Å²) in [5.41, 5.74) is 6.02. The van der Waals surface area contributed by atoms with Gasteiger partial charge in [0.25, 0.3) is 0 Å². The molecule has 6 heteroatoms. The lowest BCUT2D eigenvalue weighted by molar-refractivity contribution is 0.869. The standard InChI is InChI=1S/C7H7N5S/c8-3-5-4-13-6(9)12(5)7-10-1-2-11-7/h1-2,4,6H,9H2,(H,10,11). The van der Waals surface area contributed by atoms with Crippen LogP contribution in [0.3, 0.4) is 0 Å². The third-order valence-electron chi connectivity index (χ3n) is 1.66. The molecule has 2 heterocycles. The van der Waals surface area contributed by atoms with Gasteiger partial charge in [-0.25, -0.2) is 4.98 Å². The van der Waals surface area contributed by atoms with Gasteiger partial charge >= 0.3 is 0 Å². The van der Waals surface area contributed by atoms with Crippen LogP contribution in [0.5, 0.6) is 0 Å². The smallest absolute Gasteiger partial charge is 0.209 e. The average Bonchev–Trinajstić information content (AvgIpc) is 2.72. The minimum absolute atomic E-state index is 0.263. The molecule has 0 fully saturated rings. The van der Waals surface area contributed by atoms with Crippen molar-refractivity contribution in [3.63, 3.8) is 0 Å². The highest BCUT2D eigenvalue weighted by atomic mass is 32.2. The molecule has 3 N–H and O–H groups in total. The van der Waals surface area contributed by atoms with Gasteiger partial charge in [-0.15, -0.1) is 0 Å². The number of nitrogens with two attached hydrogens (primary N) is 1. The Morgan fingerprint density at radius 3 is 3.23 bits per heavy atom. The maximum absolute atomic E-state index is 8.78. The summed E-state index contributed by atoms with van der Waals surface area (Å²) < 4.78 is 0. The molecule has 66 valence electrons. The topological polar surface area (TPSA) is 81.7 Å². The number of hydrogen-bond acceptors (Lipinski definition) is 5. The number of nitriles is 1. The van der Waals surface area contributed by atoms with Gasteiger partial charge in [-0.2, -0.15) is 5.26 Å². The number of allylic oxidation sites excluding steroid dienone is 1. The van der Waals surface area contributed by atoms with Crippen molar-refractivity contribution in [1.82, 2.24) is 9.97 Å². The van der Waals surface area contributed by atoms with Gasteiger partial charge in [-0.1, -0.05) is 11.8 Å². The summed E-state index contributed by atoms with van der Waals surface area (Å²) in [6.45, 7) is 0. The Labute approximate surface area is 79.2 Å². The second-order valence-corrected chi connectivity index (χ2v) is 3.42. The molecule has 1 aromatic heterocycles. The van der Waals surface area contributed by atoms with Crippen molar-refractivity contribution in [2.45, 2.75) is 5.50 Å². The normalized spacial score (nSPS) is 21.4. The molecule has 0 aliphatic carbocycles. The highest BCUT2D eigenvalue weighted by Crippen LogP contribution is 2.29. The lowest BCUT2D eigenvalue weighted by atomic mass is 10.5. The fourth-order valence-electron chi connectivity index (χ4n) is 1.09. The Hall–Kier alpha value is -1.45. The van der Waals surface area contributed by atoms with Gasteiger partial charge in [0.2, 0.25) is 5.95 Å². The molecule has 1 atom stereocenters. The minimum atomic E-state index is -0.263. The third-order valence-corrected chi connectivity index (χ3v) is 2.51. The fourth-order valence-corrected chi connectivity index (χ4v) is 1.86. The van der Waals surface area contributed by atoms with E-state index < -0.39 is 0 Å². The average molecular weight is 193 g/mol. The zero-order valence-electron chi connectivity index (χ0n) is 6.64. The van der Waals surface area contributed by atoms with E-state index in [4.69, 9.17) is 11.0 Å². The van der Waals surface area contributed by atoms with Gasteiger partial charge in [-0.05, 0) is 0 Å². The van der Waals surface area contributed by atoms with E-state index in [1.165, 1.54) is 11.8 Å². The van der Waals surface area contributed by atoms with E-state index in [1.54, 1.807) is 22.7 Å². The van der Waals surface area contributed by atoms with Crippen LogP contribution in [0, 0.1) is 11.3 Å². The van der Waals surface area contributed by atoms with Gasteiger partial charge in [-0.3, -0.25) is 4.90 Å². The monoisotopic (exact) mass is 193 g/mol. The number of H-pyrrole nitrogens is 1. The number of aromatic nitrogens is 2. The van der Waals surface area contributed by atoms with Crippen molar-refractivity contribution in [1.29, 1.82) is 5.26 Å². The summed E-state index contributed by atoms with van der Waals surface area (Å²) in [5.74, 6) is 0.602. The van der Waals surface area contributed by atoms with Crippen molar-refractivity contribution >= 4 is 17.7 Å². The predicted octanol–water partition coefficient (Wildman–Crippen LogP) is 0.570. The zero-order chi connectivity index (χ0) is 9.26. The predicted molar refractivity (Wildman–Crippen MR) is 50.3 cm³/mol. The molecular weight excluding hydrogens is 186 g/mol. The van der Waals surface area contributed by atoms with Crippen LogP contribution >= 0.6 is 11.8 Å². The fraction of sp³-hybridized carbons (Fsp3) is 0.143.